The van der Waals surface area contributed by atoms with E-state index in [4.69, 9.17) is 5.73 Å². The predicted octanol–water partition coefficient (Wildman–Crippen LogP) is 3.21. The first-order chi connectivity index (χ1) is 12.9. The van der Waals surface area contributed by atoms with Gasteiger partial charge in [-0.25, -0.2) is 9.37 Å². The molecule has 140 valence electrons. The molecule has 3 N–H and O–H groups in total. The minimum Gasteiger partial charge on any atom is -0.384 e. The Morgan fingerprint density at radius 2 is 2.19 bits per heavy atom. The number of nitrogens with zero attached hydrogens (tertiary/aromatic N) is 2. The average molecular weight is 366 g/mol. The number of rotatable bonds is 3. The number of aromatic nitrogens is 1. The van der Waals surface area contributed by atoms with Crippen LogP contribution in [0.1, 0.15) is 25.8 Å². The Kier molecular flexibility index (Phi) is 4.34. The minimum absolute atomic E-state index is 0.0213. The topological polar surface area (TPSA) is 71.2 Å². The summed E-state index contributed by atoms with van der Waals surface area (Å²) in [6, 6.07) is 5.99. The molecule has 1 aliphatic carbocycles. The van der Waals surface area contributed by atoms with E-state index in [1.54, 1.807) is 12.3 Å². The molecule has 1 saturated heterocycles. The van der Waals surface area contributed by atoms with Gasteiger partial charge in [-0.05, 0) is 48.8 Å². The Labute approximate surface area is 157 Å². The van der Waals surface area contributed by atoms with Crippen LogP contribution in [0.4, 0.5) is 15.9 Å². The maximum Gasteiger partial charge on any atom is 0.217 e. The Morgan fingerprint density at radius 1 is 1.37 bits per heavy atom. The van der Waals surface area contributed by atoms with Crippen molar-refractivity contribution in [2.45, 2.75) is 32.5 Å². The van der Waals surface area contributed by atoms with Crippen LogP contribution in [0.5, 0.6) is 0 Å². The summed E-state index contributed by atoms with van der Waals surface area (Å²) < 4.78 is 14.5. The van der Waals surface area contributed by atoms with Crippen LogP contribution in [0.25, 0.3) is 16.3 Å². The van der Waals surface area contributed by atoms with Gasteiger partial charge in [-0.1, -0.05) is 6.08 Å². The molecule has 1 aliphatic heterocycles. The number of fused-ring (bicyclic) bond motifs is 1. The quantitative estimate of drug-likeness (QED) is 0.875. The number of hydrogen-bond donors (Lipinski definition) is 2. The Bertz CT molecular complexity index is 982. The molecule has 0 spiro atoms. The largest absolute Gasteiger partial charge is 0.384 e. The molecular formula is C21H23FN4O. The van der Waals surface area contributed by atoms with Crippen LogP contribution >= 0.6 is 0 Å². The van der Waals surface area contributed by atoms with Gasteiger partial charge in [0.25, 0.3) is 0 Å². The van der Waals surface area contributed by atoms with Gasteiger partial charge in [-0.2, -0.15) is 0 Å². The molecule has 0 saturated carbocycles. The third-order valence-corrected chi connectivity index (χ3v) is 5.30. The fourth-order valence-corrected chi connectivity index (χ4v) is 4.07. The maximum absolute atomic E-state index is 14.5. The fourth-order valence-electron chi connectivity index (χ4n) is 4.07. The number of anilines is 2. The summed E-state index contributed by atoms with van der Waals surface area (Å²) in [7, 11) is 0. The molecule has 2 aromatic rings. The summed E-state index contributed by atoms with van der Waals surface area (Å²) in [5.74, 6) is 0.433. The molecule has 6 heteroatoms. The zero-order valence-corrected chi connectivity index (χ0v) is 15.5. The lowest BCUT2D eigenvalue weighted by atomic mass is 9.96. The molecule has 2 atom stereocenters. The normalized spacial score (nSPS) is 22.1. The number of alkyl halides is 1. The van der Waals surface area contributed by atoms with E-state index in [0.717, 1.165) is 47.1 Å². The van der Waals surface area contributed by atoms with Crippen LogP contribution < -0.4 is 16.0 Å². The number of pyridine rings is 1. The highest BCUT2D eigenvalue weighted by Crippen LogP contribution is 2.38. The van der Waals surface area contributed by atoms with Crippen LogP contribution in [0.3, 0.4) is 0 Å². The van der Waals surface area contributed by atoms with Crippen molar-refractivity contribution in [3.05, 3.63) is 47.7 Å². The van der Waals surface area contributed by atoms with Gasteiger partial charge < -0.3 is 16.0 Å². The smallest absolute Gasteiger partial charge is 0.217 e. The van der Waals surface area contributed by atoms with Gasteiger partial charge >= 0.3 is 0 Å². The molecule has 1 aromatic carbocycles. The van der Waals surface area contributed by atoms with Crippen molar-refractivity contribution >= 4 is 33.8 Å². The van der Waals surface area contributed by atoms with E-state index in [1.165, 1.54) is 6.92 Å². The molecule has 0 bridgehead atoms. The number of hydrogen-bond acceptors (Lipinski definition) is 4. The molecule has 1 unspecified atom stereocenters. The summed E-state index contributed by atoms with van der Waals surface area (Å²) in [5, 5.41) is 4.91. The van der Waals surface area contributed by atoms with Gasteiger partial charge in [0.1, 0.15) is 12.0 Å². The van der Waals surface area contributed by atoms with Crippen molar-refractivity contribution in [3.63, 3.8) is 0 Å². The summed E-state index contributed by atoms with van der Waals surface area (Å²) in [6.07, 6.45) is 4.93. The number of amides is 1. The zero-order chi connectivity index (χ0) is 19.1. The highest BCUT2D eigenvalue weighted by Gasteiger charge is 2.26. The predicted molar refractivity (Wildman–Crippen MR) is 107 cm³/mol. The molecule has 2 aliphatic rings. The second-order valence-corrected chi connectivity index (χ2v) is 7.32. The molecule has 5 nitrogen and oxygen atoms in total. The lowest BCUT2D eigenvalue weighted by Gasteiger charge is -2.23. The van der Waals surface area contributed by atoms with Crippen LogP contribution in [0.2, 0.25) is 0 Å². The van der Waals surface area contributed by atoms with Gasteiger partial charge in [0.05, 0.1) is 0 Å². The fraction of sp³-hybridized carbons (Fsp3) is 0.333. The van der Waals surface area contributed by atoms with E-state index < -0.39 is 6.17 Å². The lowest BCUT2D eigenvalue weighted by Crippen LogP contribution is -2.35. The molecule has 27 heavy (non-hydrogen) atoms. The first-order valence-corrected chi connectivity index (χ1v) is 9.17. The van der Waals surface area contributed by atoms with E-state index >= 15 is 0 Å². The van der Waals surface area contributed by atoms with E-state index in [0.29, 0.717) is 11.4 Å². The Hall–Kier alpha value is -2.89. The number of nitrogens with one attached hydrogen (secondary N) is 1. The van der Waals surface area contributed by atoms with Crippen molar-refractivity contribution in [1.29, 1.82) is 0 Å². The molecule has 2 heterocycles. The van der Waals surface area contributed by atoms with E-state index in [9.17, 15) is 9.18 Å². The standard InChI is InChI=1S/C21H23FN4O/c1-12-3-4-18(22)21(12)14-7-15-10-24-20(23)9-17(15)19(8-14)26-6-5-16(11-26)25-13(2)27/h3-4,7-10,16,18H,5-6,11H2,1-2H3,(H2,23,24)(H,25,27)/t16-,18?/m0/s1. The van der Waals surface area contributed by atoms with Gasteiger partial charge in [-0.3, -0.25) is 4.79 Å². The first kappa shape index (κ1) is 17.5. The molecule has 1 amide bonds. The monoisotopic (exact) mass is 366 g/mol. The highest BCUT2D eigenvalue weighted by molar-refractivity contribution is 5.99. The number of nitrogen functional groups attached to an aromatic ring is 1. The second-order valence-electron chi connectivity index (χ2n) is 7.32. The van der Waals surface area contributed by atoms with Crippen LogP contribution in [0, 0.1) is 0 Å². The summed E-state index contributed by atoms with van der Waals surface area (Å²) in [6.45, 7) is 5.00. The van der Waals surface area contributed by atoms with E-state index in [-0.39, 0.29) is 11.9 Å². The van der Waals surface area contributed by atoms with Crippen LogP contribution in [-0.2, 0) is 4.79 Å². The zero-order valence-electron chi connectivity index (χ0n) is 15.5. The van der Waals surface area contributed by atoms with E-state index in [1.807, 2.05) is 31.2 Å². The highest BCUT2D eigenvalue weighted by atomic mass is 19.1. The van der Waals surface area contributed by atoms with E-state index in [2.05, 4.69) is 15.2 Å². The summed E-state index contributed by atoms with van der Waals surface area (Å²) in [5.41, 5.74) is 9.43. The molecule has 1 aromatic heterocycles. The molecule has 4 rings (SSSR count). The van der Waals surface area contributed by atoms with Crippen molar-refractivity contribution < 1.29 is 9.18 Å². The van der Waals surface area contributed by atoms with Crippen LogP contribution in [0.15, 0.2) is 42.1 Å². The number of allylic oxidation sites excluding steroid dienone is 4. The minimum atomic E-state index is -1.09. The Balaban J connectivity index is 1.80. The van der Waals surface area contributed by atoms with Crippen molar-refractivity contribution in [2.24, 2.45) is 0 Å². The number of halogens is 1. The van der Waals surface area contributed by atoms with Gasteiger partial charge in [0.2, 0.25) is 5.91 Å². The molecule has 0 radical (unpaired) electrons. The molecule has 1 fully saturated rings. The number of carbonyl (C=O) groups excluding carboxylic acids is 1. The summed E-state index contributed by atoms with van der Waals surface area (Å²) >= 11 is 0. The average Bonchev–Trinajstić information content (AvgIpc) is 3.20. The van der Waals surface area contributed by atoms with Gasteiger partial charge in [0, 0.05) is 54.3 Å². The van der Waals surface area contributed by atoms with Gasteiger partial charge in [0.15, 0.2) is 0 Å². The third-order valence-electron chi connectivity index (χ3n) is 5.30. The third kappa shape index (κ3) is 3.27. The van der Waals surface area contributed by atoms with Crippen molar-refractivity contribution in [2.75, 3.05) is 23.7 Å². The van der Waals surface area contributed by atoms with Crippen LogP contribution in [-0.4, -0.2) is 36.2 Å². The Morgan fingerprint density at radius 3 is 2.89 bits per heavy atom. The maximum atomic E-state index is 14.5. The second kappa shape index (κ2) is 6.68. The number of carbonyl (C=O) groups is 1. The van der Waals surface area contributed by atoms with Crippen molar-refractivity contribution in [3.8, 4) is 0 Å². The lowest BCUT2D eigenvalue weighted by molar-refractivity contribution is -0.119. The van der Waals surface area contributed by atoms with Crippen molar-refractivity contribution in [1.82, 2.24) is 10.3 Å². The first-order valence-electron chi connectivity index (χ1n) is 9.17. The van der Waals surface area contributed by atoms with Gasteiger partial charge in [-0.15, -0.1) is 0 Å². The SMILES string of the molecule is CC(=O)N[C@H]1CCN(c2cc(C3=C(C)C=CC3F)cc3cnc(N)cc23)C1. The number of nitrogens with two attached hydrogens (primary N) is 1. The molecular weight excluding hydrogens is 343 g/mol. The number of benzene rings is 1. The summed E-state index contributed by atoms with van der Waals surface area (Å²) in [4.78, 5) is 17.8.